The van der Waals surface area contributed by atoms with E-state index in [-0.39, 0.29) is 11.9 Å². The third kappa shape index (κ3) is 4.27. The van der Waals surface area contributed by atoms with Crippen LogP contribution in [0.1, 0.15) is 10.4 Å². The molecule has 0 spiro atoms. The van der Waals surface area contributed by atoms with E-state index in [9.17, 15) is 4.79 Å². The summed E-state index contributed by atoms with van der Waals surface area (Å²) in [5.41, 5.74) is 0.631. The fourth-order valence-corrected chi connectivity index (χ4v) is 1.72. The normalized spacial score (nSPS) is 12.2. The van der Waals surface area contributed by atoms with Gasteiger partial charge in [0, 0.05) is 22.1 Å². The predicted octanol–water partition coefficient (Wildman–Crippen LogP) is 2.27. The highest BCUT2D eigenvalue weighted by atomic mass is 127. The average Bonchev–Trinajstić information content (AvgIpc) is 2.29. The first kappa shape index (κ1) is 13.7. The maximum atomic E-state index is 11.8. The first-order valence-electron chi connectivity index (χ1n) is 4.78. The van der Waals surface area contributed by atoms with Gasteiger partial charge in [0.05, 0.1) is 12.6 Å². The summed E-state index contributed by atoms with van der Waals surface area (Å²) in [6.07, 6.45) is 0. The third-order valence-corrected chi connectivity index (χ3v) is 3.09. The number of amides is 1. The summed E-state index contributed by atoms with van der Waals surface area (Å²) in [7, 11) is 1.58. The predicted molar refractivity (Wildman–Crippen MR) is 73.0 cm³/mol. The number of ether oxygens (including phenoxy) is 1. The number of benzene rings is 1. The summed E-state index contributed by atoms with van der Waals surface area (Å²) in [6, 6.07) is 7.20. The fraction of sp³-hybridized carbons (Fsp3) is 0.364. The van der Waals surface area contributed by atoms with E-state index < -0.39 is 0 Å². The zero-order valence-corrected chi connectivity index (χ0v) is 11.8. The number of carbonyl (C=O) groups is 1. The Labute approximate surface area is 114 Å². The van der Waals surface area contributed by atoms with Gasteiger partial charge in [-0.2, -0.15) is 0 Å². The molecule has 1 aromatic rings. The number of halogens is 2. The number of hydrogen-bond donors (Lipinski definition) is 1. The molecule has 0 bridgehead atoms. The molecule has 0 heterocycles. The largest absolute Gasteiger partial charge is 0.383 e. The van der Waals surface area contributed by atoms with Gasteiger partial charge in [0.1, 0.15) is 0 Å². The van der Waals surface area contributed by atoms with Crippen LogP contribution < -0.4 is 5.32 Å². The van der Waals surface area contributed by atoms with Crippen LogP contribution >= 0.6 is 34.2 Å². The summed E-state index contributed by atoms with van der Waals surface area (Å²) >= 11 is 7.90. The van der Waals surface area contributed by atoms with E-state index >= 15 is 0 Å². The number of nitrogens with one attached hydrogen (secondary N) is 1. The van der Waals surface area contributed by atoms with E-state index in [4.69, 9.17) is 16.3 Å². The van der Waals surface area contributed by atoms with Gasteiger partial charge in [-0.15, -0.1) is 11.6 Å². The molecule has 0 radical (unpaired) electrons. The topological polar surface area (TPSA) is 38.3 Å². The average molecular weight is 354 g/mol. The van der Waals surface area contributed by atoms with Crippen molar-refractivity contribution in [3.05, 3.63) is 33.4 Å². The Morgan fingerprint density at radius 1 is 1.50 bits per heavy atom. The number of hydrogen-bond acceptors (Lipinski definition) is 2. The molecule has 3 nitrogen and oxygen atoms in total. The lowest BCUT2D eigenvalue weighted by molar-refractivity contribution is 0.0907. The molecule has 0 aliphatic heterocycles. The van der Waals surface area contributed by atoms with Gasteiger partial charge in [0.15, 0.2) is 0 Å². The number of alkyl halides is 1. The Morgan fingerprint density at radius 2 is 2.12 bits per heavy atom. The van der Waals surface area contributed by atoms with Crippen LogP contribution in [0.25, 0.3) is 0 Å². The third-order valence-electron chi connectivity index (χ3n) is 2.00. The second kappa shape index (κ2) is 7.09. The van der Waals surface area contributed by atoms with Crippen molar-refractivity contribution in [2.45, 2.75) is 6.04 Å². The van der Waals surface area contributed by atoms with E-state index in [0.29, 0.717) is 18.1 Å². The van der Waals surface area contributed by atoms with Crippen LogP contribution in [0.15, 0.2) is 24.3 Å². The minimum absolute atomic E-state index is 0.126. The van der Waals surface area contributed by atoms with Crippen molar-refractivity contribution in [1.82, 2.24) is 5.32 Å². The van der Waals surface area contributed by atoms with Gasteiger partial charge in [-0.1, -0.05) is 0 Å². The molecular weight excluding hydrogens is 340 g/mol. The van der Waals surface area contributed by atoms with Gasteiger partial charge in [0.25, 0.3) is 5.91 Å². The Morgan fingerprint density at radius 3 is 2.62 bits per heavy atom. The summed E-state index contributed by atoms with van der Waals surface area (Å²) in [6.45, 7) is 0.416. The fourth-order valence-electron chi connectivity index (χ4n) is 1.20. The standard InChI is InChI=1S/C11H13ClINO2/c1-16-7-10(6-12)14-11(15)8-2-4-9(13)5-3-8/h2-5,10H,6-7H2,1H3,(H,14,15). The molecule has 0 saturated heterocycles. The van der Waals surface area contributed by atoms with Crippen molar-refractivity contribution in [2.24, 2.45) is 0 Å². The van der Waals surface area contributed by atoms with Gasteiger partial charge >= 0.3 is 0 Å². The minimum atomic E-state index is -0.154. The maximum absolute atomic E-state index is 11.8. The number of carbonyl (C=O) groups excluding carboxylic acids is 1. The van der Waals surface area contributed by atoms with E-state index in [1.807, 2.05) is 12.1 Å². The van der Waals surface area contributed by atoms with Crippen molar-refractivity contribution in [3.8, 4) is 0 Å². The quantitative estimate of drug-likeness (QED) is 0.651. The van der Waals surface area contributed by atoms with Gasteiger partial charge in [-0.05, 0) is 46.9 Å². The Balaban J connectivity index is 2.60. The van der Waals surface area contributed by atoms with Crippen LogP contribution in [0.5, 0.6) is 0 Å². The monoisotopic (exact) mass is 353 g/mol. The first-order valence-corrected chi connectivity index (χ1v) is 6.40. The van der Waals surface area contributed by atoms with Crippen LogP contribution in [0.4, 0.5) is 0 Å². The number of methoxy groups -OCH3 is 1. The van der Waals surface area contributed by atoms with E-state index in [1.165, 1.54) is 0 Å². The molecule has 0 fully saturated rings. The van der Waals surface area contributed by atoms with E-state index in [2.05, 4.69) is 27.9 Å². The SMILES string of the molecule is COCC(CCl)NC(=O)c1ccc(I)cc1. The second-order valence-corrected chi connectivity index (χ2v) is 4.84. The summed E-state index contributed by atoms with van der Waals surface area (Å²) in [4.78, 5) is 11.8. The van der Waals surface area contributed by atoms with Crippen LogP contribution in [0, 0.1) is 3.57 Å². The van der Waals surface area contributed by atoms with Gasteiger partial charge in [-0.3, -0.25) is 4.79 Å². The second-order valence-electron chi connectivity index (χ2n) is 3.29. The van der Waals surface area contributed by atoms with Crippen molar-refractivity contribution in [3.63, 3.8) is 0 Å². The highest BCUT2D eigenvalue weighted by Gasteiger charge is 2.12. The van der Waals surface area contributed by atoms with Crippen molar-refractivity contribution >= 4 is 40.1 Å². The first-order chi connectivity index (χ1) is 7.67. The molecule has 5 heteroatoms. The van der Waals surface area contributed by atoms with Gasteiger partial charge in [-0.25, -0.2) is 0 Å². The van der Waals surface area contributed by atoms with Crippen LogP contribution in [0.3, 0.4) is 0 Å². The van der Waals surface area contributed by atoms with Crippen molar-refractivity contribution < 1.29 is 9.53 Å². The molecule has 1 N–H and O–H groups in total. The molecule has 88 valence electrons. The smallest absolute Gasteiger partial charge is 0.251 e. The lowest BCUT2D eigenvalue weighted by Gasteiger charge is -2.14. The van der Waals surface area contributed by atoms with Gasteiger partial charge < -0.3 is 10.1 Å². The Kier molecular flexibility index (Phi) is 6.08. The molecule has 0 aliphatic rings. The molecule has 1 aromatic carbocycles. The highest BCUT2D eigenvalue weighted by Crippen LogP contribution is 2.07. The molecule has 0 saturated carbocycles. The highest BCUT2D eigenvalue weighted by molar-refractivity contribution is 14.1. The summed E-state index contributed by atoms with van der Waals surface area (Å²) in [5.74, 6) is 0.211. The zero-order chi connectivity index (χ0) is 12.0. The Bertz CT molecular complexity index is 342. The molecule has 1 unspecified atom stereocenters. The molecule has 16 heavy (non-hydrogen) atoms. The molecule has 0 aromatic heterocycles. The maximum Gasteiger partial charge on any atom is 0.251 e. The zero-order valence-electron chi connectivity index (χ0n) is 8.87. The van der Waals surface area contributed by atoms with Crippen LogP contribution in [-0.2, 0) is 4.74 Å². The van der Waals surface area contributed by atoms with Gasteiger partial charge in [0.2, 0.25) is 0 Å². The Hall–Kier alpha value is -0.330. The molecule has 1 atom stereocenters. The van der Waals surface area contributed by atoms with Crippen molar-refractivity contribution in [2.75, 3.05) is 19.6 Å². The lowest BCUT2D eigenvalue weighted by atomic mass is 10.2. The molecular formula is C11H13ClINO2. The van der Waals surface area contributed by atoms with Crippen LogP contribution in [0.2, 0.25) is 0 Å². The number of rotatable bonds is 5. The molecule has 0 aliphatic carbocycles. The minimum Gasteiger partial charge on any atom is -0.383 e. The molecule has 1 rings (SSSR count). The van der Waals surface area contributed by atoms with E-state index in [1.54, 1.807) is 19.2 Å². The van der Waals surface area contributed by atoms with Crippen molar-refractivity contribution in [1.29, 1.82) is 0 Å². The van der Waals surface area contributed by atoms with Crippen LogP contribution in [-0.4, -0.2) is 31.5 Å². The molecule has 1 amide bonds. The summed E-state index contributed by atoms with van der Waals surface area (Å²) < 4.78 is 6.05. The summed E-state index contributed by atoms with van der Waals surface area (Å²) in [5, 5.41) is 2.81. The van der Waals surface area contributed by atoms with E-state index in [0.717, 1.165) is 3.57 Å². The lowest BCUT2D eigenvalue weighted by Crippen LogP contribution is -2.39.